The normalized spacial score (nSPS) is 22.8. The third kappa shape index (κ3) is 4.86. The van der Waals surface area contributed by atoms with Gasteiger partial charge < -0.3 is 5.11 Å². The van der Waals surface area contributed by atoms with Crippen molar-refractivity contribution in [1.29, 1.82) is 5.41 Å². The number of nitrogens with one attached hydrogen (secondary N) is 1. The monoisotopic (exact) mass is 412 g/mol. The summed E-state index contributed by atoms with van der Waals surface area (Å²) < 4.78 is 0. The topological polar surface area (TPSA) is 123 Å². The van der Waals surface area contributed by atoms with Crippen molar-refractivity contribution in [3.63, 3.8) is 0 Å². The number of aliphatic carboxylic acids is 1. The summed E-state index contributed by atoms with van der Waals surface area (Å²) in [6.07, 6.45) is 4.83. The van der Waals surface area contributed by atoms with Gasteiger partial charge in [0.25, 0.3) is 0 Å². The number of amides is 2. The van der Waals surface area contributed by atoms with Crippen LogP contribution in [-0.2, 0) is 14.4 Å². The average molecular weight is 412 g/mol. The van der Waals surface area contributed by atoms with E-state index in [1.807, 2.05) is 37.3 Å². The first-order valence-corrected chi connectivity index (χ1v) is 9.93. The van der Waals surface area contributed by atoms with Crippen molar-refractivity contribution < 1.29 is 19.5 Å². The van der Waals surface area contributed by atoms with Gasteiger partial charge in [0.15, 0.2) is 0 Å². The number of likely N-dealkylation sites (tertiary alicyclic amines) is 1. The Morgan fingerprint density at radius 3 is 2.72 bits per heavy atom. The van der Waals surface area contributed by atoms with Crippen molar-refractivity contribution in [3.05, 3.63) is 59.7 Å². The number of carbonyl (C=O) groups excluding carboxylic acids is 2. The van der Waals surface area contributed by atoms with E-state index in [4.69, 9.17) is 10.5 Å². The summed E-state index contributed by atoms with van der Waals surface area (Å²) in [4.78, 5) is 37.3. The molecule has 3 atom stereocenters. The number of carboxylic acid groups (broad SMARTS) is 1. The van der Waals surface area contributed by atoms with Crippen LogP contribution in [0.3, 0.4) is 0 Å². The molecule has 150 valence electrons. The highest BCUT2D eigenvalue weighted by molar-refractivity contribution is 8.14. The molecule has 1 aromatic rings. The number of hydrogen-bond donors (Lipinski definition) is 2. The van der Waals surface area contributed by atoms with E-state index >= 15 is 0 Å². The Balaban J connectivity index is 1.62. The van der Waals surface area contributed by atoms with Crippen molar-refractivity contribution in [2.75, 3.05) is 0 Å². The first kappa shape index (κ1) is 20.7. The van der Waals surface area contributed by atoms with Crippen molar-refractivity contribution in [3.8, 4) is 0 Å². The van der Waals surface area contributed by atoms with Crippen molar-refractivity contribution >= 4 is 34.7 Å². The van der Waals surface area contributed by atoms with Gasteiger partial charge in [0, 0.05) is 6.42 Å². The molecule has 8 nitrogen and oxygen atoms in total. The van der Waals surface area contributed by atoms with Gasteiger partial charge >= 0.3 is 5.97 Å². The first-order valence-electron chi connectivity index (χ1n) is 9.05. The van der Waals surface area contributed by atoms with E-state index in [2.05, 4.69) is 10.2 Å². The standard InChI is InChI=1S/C20H20N4O4S/c1-12(13-6-3-2-4-7-13)22-23-20(21)29-16-11-17(25)24(18(16)26)15-9-5-8-14(10-15)19(27)28/h2-8,10,12,15-16,21H,9,11H2,1H3,(H,27,28). The van der Waals surface area contributed by atoms with Crippen LogP contribution in [0.1, 0.15) is 31.4 Å². The highest BCUT2D eigenvalue weighted by Gasteiger charge is 2.43. The lowest BCUT2D eigenvalue weighted by Crippen LogP contribution is -2.40. The Bertz CT molecular complexity index is 926. The molecule has 2 amide bonds. The van der Waals surface area contributed by atoms with Gasteiger partial charge in [-0.15, -0.1) is 5.11 Å². The van der Waals surface area contributed by atoms with E-state index in [1.54, 1.807) is 6.08 Å². The summed E-state index contributed by atoms with van der Waals surface area (Å²) in [6, 6.07) is 8.65. The molecular weight excluding hydrogens is 392 g/mol. The van der Waals surface area contributed by atoms with Gasteiger partial charge in [-0.05, 0) is 25.0 Å². The van der Waals surface area contributed by atoms with Crippen LogP contribution in [0.25, 0.3) is 0 Å². The Hall–Kier alpha value is -3.07. The van der Waals surface area contributed by atoms with Gasteiger partial charge in [0.2, 0.25) is 17.0 Å². The van der Waals surface area contributed by atoms with Crippen molar-refractivity contribution in [2.24, 2.45) is 10.2 Å². The Labute approximate surface area is 171 Å². The van der Waals surface area contributed by atoms with Crippen LogP contribution < -0.4 is 0 Å². The Morgan fingerprint density at radius 1 is 1.31 bits per heavy atom. The maximum absolute atomic E-state index is 12.7. The number of carbonyl (C=O) groups is 3. The maximum atomic E-state index is 12.7. The van der Waals surface area contributed by atoms with Gasteiger partial charge in [-0.25, -0.2) is 4.79 Å². The van der Waals surface area contributed by atoms with E-state index in [1.165, 1.54) is 12.2 Å². The molecule has 1 saturated heterocycles. The lowest BCUT2D eigenvalue weighted by Gasteiger charge is -2.25. The largest absolute Gasteiger partial charge is 0.478 e. The molecule has 0 radical (unpaired) electrons. The Morgan fingerprint density at radius 2 is 2.03 bits per heavy atom. The molecule has 2 aliphatic rings. The van der Waals surface area contributed by atoms with E-state index in [-0.39, 0.29) is 29.1 Å². The third-order valence-corrected chi connectivity index (χ3v) is 5.58. The predicted molar refractivity (Wildman–Crippen MR) is 109 cm³/mol. The minimum Gasteiger partial charge on any atom is -0.478 e. The fourth-order valence-electron chi connectivity index (χ4n) is 3.15. The minimum absolute atomic E-state index is 0.0495. The zero-order chi connectivity index (χ0) is 21.0. The van der Waals surface area contributed by atoms with Crippen LogP contribution in [0.15, 0.2) is 64.4 Å². The molecular formula is C20H20N4O4S. The first-order chi connectivity index (χ1) is 13.9. The van der Waals surface area contributed by atoms with Gasteiger partial charge in [-0.1, -0.05) is 54.2 Å². The fraction of sp³-hybridized carbons (Fsp3) is 0.300. The van der Waals surface area contributed by atoms with Crippen molar-refractivity contribution in [1.82, 2.24) is 4.90 Å². The molecule has 3 unspecified atom stereocenters. The third-order valence-electron chi connectivity index (χ3n) is 4.62. The molecule has 2 N–H and O–H groups in total. The molecule has 0 bridgehead atoms. The Kier molecular flexibility index (Phi) is 6.38. The number of nitrogens with zero attached hydrogens (tertiary/aromatic N) is 3. The summed E-state index contributed by atoms with van der Waals surface area (Å²) in [5.74, 6) is -1.92. The summed E-state index contributed by atoms with van der Waals surface area (Å²) >= 11 is 0.887. The van der Waals surface area contributed by atoms with E-state index in [9.17, 15) is 14.4 Å². The summed E-state index contributed by atoms with van der Waals surface area (Å²) in [7, 11) is 0. The van der Waals surface area contributed by atoms with Crippen LogP contribution >= 0.6 is 11.8 Å². The molecule has 1 fully saturated rings. The molecule has 1 aliphatic carbocycles. The van der Waals surface area contributed by atoms with E-state index in [0.29, 0.717) is 6.42 Å². The summed E-state index contributed by atoms with van der Waals surface area (Å²) in [6.45, 7) is 1.85. The average Bonchev–Trinajstić information content (AvgIpc) is 2.99. The maximum Gasteiger partial charge on any atom is 0.335 e. The molecule has 9 heteroatoms. The molecule has 1 heterocycles. The van der Waals surface area contributed by atoms with Gasteiger partial charge in [0.1, 0.15) is 5.25 Å². The van der Waals surface area contributed by atoms with Crippen LogP contribution in [0.2, 0.25) is 0 Å². The lowest BCUT2D eigenvalue weighted by molar-refractivity contribution is -0.140. The van der Waals surface area contributed by atoms with Crippen LogP contribution in [-0.4, -0.2) is 44.2 Å². The number of carboxylic acids is 1. The number of imide groups is 1. The van der Waals surface area contributed by atoms with Gasteiger partial charge in [-0.2, -0.15) is 5.11 Å². The smallest absolute Gasteiger partial charge is 0.335 e. The minimum atomic E-state index is -1.11. The zero-order valence-corrected chi connectivity index (χ0v) is 16.5. The second-order valence-electron chi connectivity index (χ2n) is 6.65. The number of hydrogen-bond acceptors (Lipinski definition) is 6. The zero-order valence-electron chi connectivity index (χ0n) is 15.7. The fourth-order valence-corrected chi connectivity index (χ4v) is 3.95. The second kappa shape index (κ2) is 8.95. The van der Waals surface area contributed by atoms with Crippen LogP contribution in [0.5, 0.6) is 0 Å². The summed E-state index contributed by atoms with van der Waals surface area (Å²) in [5.41, 5.74) is 1.01. The highest BCUT2D eigenvalue weighted by atomic mass is 32.2. The molecule has 0 aromatic heterocycles. The molecule has 3 rings (SSSR count). The number of thioether (sulfide) groups is 1. The van der Waals surface area contributed by atoms with Gasteiger partial charge in [-0.3, -0.25) is 19.9 Å². The van der Waals surface area contributed by atoms with E-state index < -0.39 is 23.2 Å². The van der Waals surface area contributed by atoms with Gasteiger partial charge in [0.05, 0.1) is 17.7 Å². The predicted octanol–water partition coefficient (Wildman–Crippen LogP) is 3.33. The van der Waals surface area contributed by atoms with Crippen molar-refractivity contribution in [2.45, 2.75) is 37.1 Å². The number of amidine groups is 1. The number of rotatable bonds is 5. The SMILES string of the molecule is CC(N=NC(=N)SC1CC(=O)N(C2C=C(C(=O)O)C=CC2)C1=O)c1ccccc1. The molecule has 1 aromatic carbocycles. The molecule has 1 aliphatic heterocycles. The molecule has 0 spiro atoms. The second-order valence-corrected chi connectivity index (χ2v) is 7.84. The number of azo groups is 1. The van der Waals surface area contributed by atoms with Crippen LogP contribution in [0.4, 0.5) is 0 Å². The van der Waals surface area contributed by atoms with E-state index in [0.717, 1.165) is 22.2 Å². The summed E-state index contributed by atoms with van der Waals surface area (Å²) in [5, 5.41) is 24.2. The van der Waals surface area contributed by atoms with Crippen LogP contribution in [0, 0.1) is 5.41 Å². The lowest BCUT2D eigenvalue weighted by atomic mass is 10.0. The quantitative estimate of drug-likeness (QED) is 0.332. The number of benzene rings is 1. The molecule has 29 heavy (non-hydrogen) atoms. The molecule has 0 saturated carbocycles. The highest BCUT2D eigenvalue weighted by Crippen LogP contribution is 2.30.